The zero-order chi connectivity index (χ0) is 23.8. The molecular weight excluding hydrogens is 529 g/mol. The summed E-state index contributed by atoms with van der Waals surface area (Å²) in [6, 6.07) is 9.68. The van der Waals surface area contributed by atoms with Crippen molar-refractivity contribution in [1.82, 2.24) is 0 Å². The summed E-state index contributed by atoms with van der Waals surface area (Å²) in [6.45, 7) is 4.85. The van der Waals surface area contributed by atoms with Crippen LogP contribution >= 0.6 is 0 Å². The van der Waals surface area contributed by atoms with Gasteiger partial charge in [0.15, 0.2) is 11.1 Å². The van der Waals surface area contributed by atoms with Gasteiger partial charge in [-0.25, -0.2) is 8.60 Å². The van der Waals surface area contributed by atoms with Crippen molar-refractivity contribution in [1.29, 1.82) is 5.26 Å². The standard InChI is InChI=1S/C13H12F3N2O2.C7H7FO2S.Y/c1-12(2,20-3)11(19)18-9-5-4-8(7-17)10(6-9)13(14,15)16;1-10-11(9)7-4-2-6(8)3-5-7;/h4-6H,1H2,2-3H3,(H,18,19);2-5H,1H3;/q-1;;. The molecule has 0 heterocycles. The fourth-order valence-corrected chi connectivity index (χ4v) is 2.50. The first kappa shape index (κ1) is 30.3. The number of rotatable bonds is 5. The molecule has 2 aromatic carbocycles. The maximum Gasteiger partial charge on any atom is 0.417 e. The van der Waals surface area contributed by atoms with Crippen LogP contribution in [0.3, 0.4) is 0 Å². The van der Waals surface area contributed by atoms with Crippen LogP contribution in [0, 0.1) is 24.1 Å². The number of hydrogen-bond acceptors (Lipinski definition) is 5. The van der Waals surface area contributed by atoms with Gasteiger partial charge in [0.05, 0.1) is 29.2 Å². The van der Waals surface area contributed by atoms with E-state index in [0.717, 1.165) is 6.07 Å². The van der Waals surface area contributed by atoms with Gasteiger partial charge in [-0.3, -0.25) is 8.98 Å². The van der Waals surface area contributed by atoms with Crippen LogP contribution in [0.5, 0.6) is 0 Å². The molecule has 2 unspecified atom stereocenters. The molecule has 0 aliphatic carbocycles. The fraction of sp³-hybridized carbons (Fsp3) is 0.250. The van der Waals surface area contributed by atoms with Gasteiger partial charge in [-0.05, 0) is 42.5 Å². The Morgan fingerprint density at radius 1 is 1.16 bits per heavy atom. The average molecular weight is 548 g/mol. The number of carbonyl (C=O) groups excluding carboxylic acids is 1. The second-order valence-corrected chi connectivity index (χ2v) is 7.39. The molecule has 32 heavy (non-hydrogen) atoms. The van der Waals surface area contributed by atoms with Crippen molar-refractivity contribution in [3.05, 3.63) is 66.3 Å². The van der Waals surface area contributed by atoms with Crippen molar-refractivity contribution in [3.8, 4) is 6.07 Å². The van der Waals surface area contributed by atoms with Crippen LogP contribution < -0.4 is 5.32 Å². The van der Waals surface area contributed by atoms with Gasteiger partial charge >= 0.3 is 6.18 Å². The molecule has 1 radical (unpaired) electrons. The second kappa shape index (κ2) is 13.1. The Bertz CT molecular complexity index is 977. The SMILES string of the molecule is COS(=O)c1ccc(F)cc1.[CH2-]C(C)(OC)C(=O)Nc1ccc(C#N)c(C(F)(F)F)c1.[Y]. The fourth-order valence-electron chi connectivity index (χ4n) is 1.95. The van der Waals surface area contributed by atoms with Crippen LogP contribution in [0.1, 0.15) is 18.1 Å². The van der Waals surface area contributed by atoms with Crippen LogP contribution in [0.25, 0.3) is 0 Å². The van der Waals surface area contributed by atoms with Gasteiger partial charge in [-0.1, -0.05) is 6.92 Å². The summed E-state index contributed by atoms with van der Waals surface area (Å²) < 4.78 is 70.8. The quantitative estimate of drug-likeness (QED) is 0.446. The van der Waals surface area contributed by atoms with Crippen molar-refractivity contribution in [2.75, 3.05) is 19.5 Å². The Hall–Kier alpha value is -1.71. The largest absolute Gasteiger partial charge is 0.417 e. The van der Waals surface area contributed by atoms with Gasteiger partial charge in [-0.15, -0.1) is 0 Å². The number of nitrogens with zero attached hydrogens (tertiary/aromatic N) is 1. The average Bonchev–Trinajstić information content (AvgIpc) is 2.73. The normalized spacial score (nSPS) is 13.3. The number of anilines is 1. The summed E-state index contributed by atoms with van der Waals surface area (Å²) in [5.41, 5.74) is -3.14. The molecule has 0 aliphatic rings. The Morgan fingerprint density at radius 3 is 2.16 bits per heavy atom. The number of amides is 1. The van der Waals surface area contributed by atoms with Crippen molar-refractivity contribution >= 4 is 22.7 Å². The van der Waals surface area contributed by atoms with Crippen LogP contribution in [-0.2, 0) is 63.7 Å². The number of ether oxygens (including phenoxy) is 1. The smallest absolute Gasteiger partial charge is 0.401 e. The van der Waals surface area contributed by atoms with E-state index >= 15 is 0 Å². The van der Waals surface area contributed by atoms with Gasteiger partial charge in [0.1, 0.15) is 5.82 Å². The topological polar surface area (TPSA) is 88.4 Å². The van der Waals surface area contributed by atoms with E-state index in [1.54, 1.807) is 0 Å². The molecule has 2 aromatic rings. The zero-order valence-electron chi connectivity index (χ0n) is 17.3. The minimum Gasteiger partial charge on any atom is -0.401 e. The number of benzene rings is 2. The molecule has 171 valence electrons. The summed E-state index contributed by atoms with van der Waals surface area (Å²) in [4.78, 5) is 12.2. The van der Waals surface area contributed by atoms with E-state index in [4.69, 9.17) is 10.00 Å². The number of nitriles is 1. The van der Waals surface area contributed by atoms with E-state index in [0.29, 0.717) is 11.0 Å². The van der Waals surface area contributed by atoms with Gasteiger partial charge in [-0.2, -0.15) is 18.4 Å². The third-order valence-corrected chi connectivity index (χ3v) is 4.75. The Labute approximate surface area is 210 Å². The maximum atomic E-state index is 12.8. The third-order valence-electron chi connectivity index (χ3n) is 3.79. The summed E-state index contributed by atoms with van der Waals surface area (Å²) in [5.74, 6) is -1.04. The predicted octanol–water partition coefficient (Wildman–Crippen LogP) is 4.25. The number of hydrogen-bond donors (Lipinski definition) is 1. The molecular formula is C20H19F4N2O4SY-. The van der Waals surface area contributed by atoms with Gasteiger partial charge in [0.2, 0.25) is 5.91 Å². The monoisotopic (exact) mass is 548 g/mol. The summed E-state index contributed by atoms with van der Waals surface area (Å²) in [5, 5.41) is 10.9. The van der Waals surface area contributed by atoms with Gasteiger partial charge in [0.25, 0.3) is 0 Å². The van der Waals surface area contributed by atoms with Crippen molar-refractivity contribution in [2.24, 2.45) is 0 Å². The van der Waals surface area contributed by atoms with Gasteiger partial charge in [0, 0.05) is 51.1 Å². The molecule has 0 spiro atoms. The molecule has 1 amide bonds. The molecule has 0 saturated heterocycles. The molecule has 1 N–H and O–H groups in total. The number of halogens is 4. The summed E-state index contributed by atoms with van der Waals surface area (Å²) in [7, 11) is 2.59. The summed E-state index contributed by atoms with van der Waals surface area (Å²) in [6.07, 6.45) is -4.68. The zero-order valence-corrected chi connectivity index (χ0v) is 21.0. The minimum atomic E-state index is -4.68. The van der Waals surface area contributed by atoms with E-state index < -0.39 is 39.9 Å². The number of carbonyl (C=O) groups is 1. The molecule has 0 aromatic heterocycles. The molecule has 2 atom stereocenters. The number of methoxy groups -OCH3 is 1. The second-order valence-electron chi connectivity index (χ2n) is 6.11. The summed E-state index contributed by atoms with van der Waals surface area (Å²) >= 11 is -1.47. The van der Waals surface area contributed by atoms with Gasteiger partial charge < -0.3 is 17.0 Å². The van der Waals surface area contributed by atoms with E-state index in [1.165, 1.54) is 57.5 Å². The molecule has 2 rings (SSSR count). The Balaban J connectivity index is 0.000000679. The van der Waals surface area contributed by atoms with E-state index in [2.05, 4.69) is 16.4 Å². The van der Waals surface area contributed by atoms with E-state index in [9.17, 15) is 26.6 Å². The number of alkyl halides is 3. The Morgan fingerprint density at radius 2 is 1.72 bits per heavy atom. The van der Waals surface area contributed by atoms with Crippen LogP contribution in [0.15, 0.2) is 47.4 Å². The Kier molecular flexibility index (Phi) is 12.4. The molecule has 6 nitrogen and oxygen atoms in total. The third kappa shape index (κ3) is 9.04. The van der Waals surface area contributed by atoms with Crippen molar-refractivity contribution in [2.45, 2.75) is 23.6 Å². The minimum absolute atomic E-state index is 0. The number of nitrogens with one attached hydrogen (secondary N) is 1. The van der Waals surface area contributed by atoms with Crippen LogP contribution in [-0.4, -0.2) is 29.9 Å². The first-order valence-electron chi connectivity index (χ1n) is 8.40. The van der Waals surface area contributed by atoms with E-state index in [-0.39, 0.29) is 44.2 Å². The van der Waals surface area contributed by atoms with Crippen LogP contribution in [0.4, 0.5) is 23.2 Å². The first-order valence-corrected chi connectivity index (χ1v) is 9.48. The first-order chi connectivity index (χ1) is 14.3. The predicted molar refractivity (Wildman–Crippen MR) is 105 cm³/mol. The maximum absolute atomic E-state index is 12.8. The molecule has 0 bridgehead atoms. The van der Waals surface area contributed by atoms with Crippen LogP contribution in [0.2, 0.25) is 0 Å². The molecule has 0 aliphatic heterocycles. The molecule has 12 heteroatoms. The van der Waals surface area contributed by atoms with Crippen molar-refractivity contribution < 1.29 is 68.2 Å². The van der Waals surface area contributed by atoms with E-state index in [1.807, 2.05) is 0 Å². The molecule has 0 fully saturated rings. The van der Waals surface area contributed by atoms with Crippen molar-refractivity contribution in [3.63, 3.8) is 0 Å². The molecule has 0 saturated carbocycles.